The predicted molar refractivity (Wildman–Crippen MR) is 104 cm³/mol. The normalized spacial score (nSPS) is 14.8. The standard InChI is InChI=1S/C22H20F2N2O2/c23-19-7-1-17(2-8-19)5-11-21(27)25-13-15-26(16-14-25)22(28)12-6-18-3-9-20(24)10-4-18/h1-12H,13-16H2. The van der Waals surface area contributed by atoms with Gasteiger partial charge in [0.1, 0.15) is 11.6 Å². The van der Waals surface area contributed by atoms with Gasteiger partial charge in [0.05, 0.1) is 0 Å². The van der Waals surface area contributed by atoms with Crippen LogP contribution in [-0.4, -0.2) is 47.8 Å². The van der Waals surface area contributed by atoms with Crippen LogP contribution < -0.4 is 0 Å². The number of nitrogens with zero attached hydrogens (tertiary/aromatic N) is 2. The molecule has 1 fully saturated rings. The van der Waals surface area contributed by atoms with Crippen LogP contribution in [-0.2, 0) is 9.59 Å². The Bertz CT molecular complexity index is 806. The van der Waals surface area contributed by atoms with E-state index in [2.05, 4.69) is 0 Å². The average Bonchev–Trinajstić information content (AvgIpc) is 2.72. The van der Waals surface area contributed by atoms with E-state index in [0.717, 1.165) is 11.1 Å². The van der Waals surface area contributed by atoms with Crippen LogP contribution in [0.1, 0.15) is 11.1 Å². The summed E-state index contributed by atoms with van der Waals surface area (Å²) in [5.74, 6) is -0.924. The Morgan fingerprint density at radius 2 is 0.964 bits per heavy atom. The van der Waals surface area contributed by atoms with Crippen LogP contribution in [0.3, 0.4) is 0 Å². The van der Waals surface area contributed by atoms with E-state index < -0.39 is 0 Å². The molecular weight excluding hydrogens is 362 g/mol. The van der Waals surface area contributed by atoms with Gasteiger partial charge in [-0.15, -0.1) is 0 Å². The lowest BCUT2D eigenvalue weighted by Crippen LogP contribution is -2.49. The Morgan fingerprint density at radius 1 is 0.643 bits per heavy atom. The summed E-state index contributed by atoms with van der Waals surface area (Å²) >= 11 is 0. The van der Waals surface area contributed by atoms with Gasteiger partial charge >= 0.3 is 0 Å². The summed E-state index contributed by atoms with van der Waals surface area (Å²) < 4.78 is 25.8. The Balaban J connectivity index is 1.49. The molecule has 0 bridgehead atoms. The Hall–Kier alpha value is -3.28. The summed E-state index contributed by atoms with van der Waals surface area (Å²) in [6.07, 6.45) is 6.20. The van der Waals surface area contributed by atoms with Crippen LogP contribution in [0.25, 0.3) is 12.2 Å². The van der Waals surface area contributed by atoms with Crippen molar-refractivity contribution in [2.75, 3.05) is 26.2 Å². The van der Waals surface area contributed by atoms with Gasteiger partial charge in [0.15, 0.2) is 0 Å². The highest BCUT2D eigenvalue weighted by molar-refractivity contribution is 5.93. The van der Waals surface area contributed by atoms with Gasteiger partial charge < -0.3 is 9.80 Å². The second-order valence-corrected chi connectivity index (χ2v) is 6.42. The fourth-order valence-corrected chi connectivity index (χ4v) is 2.84. The van der Waals surface area contributed by atoms with Crippen molar-refractivity contribution in [2.24, 2.45) is 0 Å². The zero-order valence-electron chi connectivity index (χ0n) is 15.2. The van der Waals surface area contributed by atoms with Gasteiger partial charge in [-0.3, -0.25) is 9.59 Å². The molecular formula is C22H20F2N2O2. The molecule has 1 saturated heterocycles. The number of benzene rings is 2. The lowest BCUT2D eigenvalue weighted by atomic mass is 10.2. The molecule has 3 rings (SSSR count). The highest BCUT2D eigenvalue weighted by Crippen LogP contribution is 2.09. The number of carbonyl (C=O) groups is 2. The number of rotatable bonds is 4. The Labute approximate surface area is 162 Å². The van der Waals surface area contributed by atoms with E-state index in [-0.39, 0.29) is 23.4 Å². The molecule has 144 valence electrons. The van der Waals surface area contributed by atoms with E-state index in [1.54, 1.807) is 46.2 Å². The van der Waals surface area contributed by atoms with Crippen molar-refractivity contribution < 1.29 is 18.4 Å². The van der Waals surface area contributed by atoms with Crippen LogP contribution in [0, 0.1) is 11.6 Å². The molecule has 4 nitrogen and oxygen atoms in total. The van der Waals surface area contributed by atoms with Gasteiger partial charge in [-0.2, -0.15) is 0 Å². The van der Waals surface area contributed by atoms with Crippen LogP contribution in [0.2, 0.25) is 0 Å². The average molecular weight is 382 g/mol. The largest absolute Gasteiger partial charge is 0.336 e. The summed E-state index contributed by atoms with van der Waals surface area (Å²) in [7, 11) is 0. The molecule has 0 N–H and O–H groups in total. The topological polar surface area (TPSA) is 40.6 Å². The third kappa shape index (κ3) is 5.36. The molecule has 2 amide bonds. The second-order valence-electron chi connectivity index (χ2n) is 6.42. The molecule has 6 heteroatoms. The molecule has 1 aliphatic heterocycles. The first-order valence-corrected chi connectivity index (χ1v) is 8.96. The van der Waals surface area contributed by atoms with Crippen molar-refractivity contribution >= 4 is 24.0 Å². The summed E-state index contributed by atoms with van der Waals surface area (Å²) in [6.45, 7) is 1.79. The molecule has 0 spiro atoms. The molecule has 0 unspecified atom stereocenters. The van der Waals surface area contributed by atoms with Crippen molar-refractivity contribution in [3.8, 4) is 0 Å². The maximum atomic E-state index is 12.9. The van der Waals surface area contributed by atoms with E-state index in [1.165, 1.54) is 36.4 Å². The van der Waals surface area contributed by atoms with Crippen molar-refractivity contribution in [2.45, 2.75) is 0 Å². The molecule has 28 heavy (non-hydrogen) atoms. The predicted octanol–water partition coefficient (Wildman–Crippen LogP) is 3.36. The van der Waals surface area contributed by atoms with E-state index in [4.69, 9.17) is 0 Å². The van der Waals surface area contributed by atoms with Crippen LogP contribution in [0.15, 0.2) is 60.7 Å². The third-order valence-corrected chi connectivity index (χ3v) is 4.48. The van der Waals surface area contributed by atoms with Crippen molar-refractivity contribution in [3.63, 3.8) is 0 Å². The van der Waals surface area contributed by atoms with Crippen LogP contribution in [0.4, 0.5) is 8.78 Å². The summed E-state index contributed by atoms with van der Waals surface area (Å²) in [4.78, 5) is 27.9. The van der Waals surface area contributed by atoms with Gasteiger partial charge in [0, 0.05) is 38.3 Å². The summed E-state index contributed by atoms with van der Waals surface area (Å²) in [5, 5.41) is 0. The lowest BCUT2D eigenvalue weighted by Gasteiger charge is -2.33. The van der Waals surface area contributed by atoms with Crippen LogP contribution in [0.5, 0.6) is 0 Å². The SMILES string of the molecule is O=C(C=Cc1ccc(F)cc1)N1CCN(C(=O)C=Cc2ccc(F)cc2)CC1. The van der Waals surface area contributed by atoms with E-state index in [9.17, 15) is 18.4 Å². The fraction of sp³-hybridized carbons (Fsp3) is 0.182. The Morgan fingerprint density at radius 3 is 1.29 bits per heavy atom. The molecule has 1 aliphatic rings. The van der Waals surface area contributed by atoms with Gasteiger partial charge in [-0.1, -0.05) is 24.3 Å². The molecule has 2 aromatic carbocycles. The van der Waals surface area contributed by atoms with E-state index >= 15 is 0 Å². The minimum Gasteiger partial charge on any atom is -0.336 e. The Kier molecular flexibility index (Phi) is 6.32. The monoisotopic (exact) mass is 382 g/mol. The van der Waals surface area contributed by atoms with Gasteiger partial charge in [-0.25, -0.2) is 8.78 Å². The number of halogens is 2. The number of hydrogen-bond acceptors (Lipinski definition) is 2. The smallest absolute Gasteiger partial charge is 0.246 e. The molecule has 0 aliphatic carbocycles. The third-order valence-electron chi connectivity index (χ3n) is 4.48. The van der Waals surface area contributed by atoms with Crippen LogP contribution >= 0.6 is 0 Å². The highest BCUT2D eigenvalue weighted by atomic mass is 19.1. The quantitative estimate of drug-likeness (QED) is 0.761. The first kappa shape index (κ1) is 19.5. The first-order chi connectivity index (χ1) is 13.5. The lowest BCUT2D eigenvalue weighted by molar-refractivity contribution is -0.133. The number of piperazine rings is 1. The van der Waals surface area contributed by atoms with Crippen molar-refractivity contribution in [3.05, 3.63) is 83.4 Å². The zero-order valence-corrected chi connectivity index (χ0v) is 15.2. The maximum Gasteiger partial charge on any atom is 0.246 e. The number of hydrogen-bond donors (Lipinski definition) is 0. The molecule has 0 aromatic heterocycles. The minimum atomic E-state index is -0.322. The summed E-state index contributed by atoms with van der Waals surface area (Å²) in [5.41, 5.74) is 1.49. The second kappa shape index (κ2) is 9.08. The minimum absolute atomic E-state index is 0.140. The van der Waals surface area contributed by atoms with Gasteiger partial charge in [-0.05, 0) is 47.5 Å². The zero-order chi connectivity index (χ0) is 19.9. The van der Waals surface area contributed by atoms with Crippen molar-refractivity contribution in [1.82, 2.24) is 9.80 Å². The molecule has 0 radical (unpaired) electrons. The first-order valence-electron chi connectivity index (χ1n) is 8.96. The fourth-order valence-electron chi connectivity index (χ4n) is 2.84. The van der Waals surface area contributed by atoms with Gasteiger partial charge in [0.2, 0.25) is 11.8 Å². The molecule has 0 saturated carbocycles. The molecule has 0 atom stereocenters. The van der Waals surface area contributed by atoms with E-state index in [1.807, 2.05) is 0 Å². The van der Waals surface area contributed by atoms with Crippen molar-refractivity contribution in [1.29, 1.82) is 0 Å². The van der Waals surface area contributed by atoms with Gasteiger partial charge in [0.25, 0.3) is 0 Å². The molecule has 2 aromatic rings. The molecule has 1 heterocycles. The van der Waals surface area contributed by atoms with E-state index in [0.29, 0.717) is 26.2 Å². The summed E-state index contributed by atoms with van der Waals surface area (Å²) in [6, 6.07) is 11.8. The highest BCUT2D eigenvalue weighted by Gasteiger charge is 2.21. The number of carbonyl (C=O) groups excluding carboxylic acids is 2. The number of amides is 2. The maximum absolute atomic E-state index is 12.9.